The van der Waals surface area contributed by atoms with Crippen molar-refractivity contribution in [3.8, 4) is 6.07 Å². The maximum absolute atomic E-state index is 11.8. The lowest BCUT2D eigenvalue weighted by molar-refractivity contribution is 0.600. The minimum absolute atomic E-state index is 0.0730. The predicted octanol–water partition coefficient (Wildman–Crippen LogP) is 0.685. The molecule has 0 atom stereocenters. The summed E-state index contributed by atoms with van der Waals surface area (Å²) in [5.74, 6) is -0.298. The highest BCUT2D eigenvalue weighted by atomic mass is 32.2. The number of sulfonamides is 1. The van der Waals surface area contributed by atoms with E-state index in [1.807, 2.05) is 6.07 Å². The van der Waals surface area contributed by atoms with Crippen molar-refractivity contribution in [2.45, 2.75) is 5.75 Å². The van der Waals surface area contributed by atoms with Gasteiger partial charge in [0.05, 0.1) is 29.8 Å². The lowest BCUT2D eigenvalue weighted by Crippen LogP contribution is -2.17. The van der Waals surface area contributed by atoms with Crippen LogP contribution in [0.4, 0.5) is 5.95 Å². The van der Waals surface area contributed by atoms with Crippen molar-refractivity contribution < 1.29 is 8.42 Å². The molecule has 1 aromatic heterocycles. The SMILES string of the molecule is N#Cc1ccc(CS(=O)(=O)Nc2nccnn2)cc1. The summed E-state index contributed by atoms with van der Waals surface area (Å²) in [5, 5.41) is 15.7. The second-order valence-corrected chi connectivity index (χ2v) is 5.36. The van der Waals surface area contributed by atoms with Crippen LogP contribution in [-0.4, -0.2) is 23.6 Å². The van der Waals surface area contributed by atoms with Crippen LogP contribution in [0.1, 0.15) is 11.1 Å². The maximum atomic E-state index is 11.8. The summed E-state index contributed by atoms with van der Waals surface area (Å²) >= 11 is 0. The summed E-state index contributed by atoms with van der Waals surface area (Å²) in [6.07, 6.45) is 2.69. The number of hydrogen-bond donors (Lipinski definition) is 1. The molecule has 8 heteroatoms. The minimum atomic E-state index is -3.61. The Morgan fingerprint density at radius 2 is 1.95 bits per heavy atom. The van der Waals surface area contributed by atoms with E-state index in [9.17, 15) is 8.42 Å². The fraction of sp³-hybridized carbons (Fsp3) is 0.0909. The number of nitrogens with zero attached hydrogens (tertiary/aromatic N) is 4. The van der Waals surface area contributed by atoms with Gasteiger partial charge < -0.3 is 0 Å². The number of aromatic nitrogens is 3. The molecule has 1 aromatic carbocycles. The molecular weight excluding hydrogens is 266 g/mol. The van der Waals surface area contributed by atoms with E-state index in [-0.39, 0.29) is 11.7 Å². The van der Waals surface area contributed by atoms with Crippen LogP contribution >= 0.6 is 0 Å². The van der Waals surface area contributed by atoms with Gasteiger partial charge in [0.25, 0.3) is 5.95 Å². The molecule has 7 nitrogen and oxygen atoms in total. The third-order valence-corrected chi connectivity index (χ3v) is 3.38. The largest absolute Gasteiger partial charge is 0.256 e. The van der Waals surface area contributed by atoms with E-state index in [4.69, 9.17) is 5.26 Å². The molecule has 0 unspecified atom stereocenters. The van der Waals surface area contributed by atoms with Gasteiger partial charge in [-0.15, -0.1) is 5.10 Å². The van der Waals surface area contributed by atoms with Gasteiger partial charge in [-0.2, -0.15) is 10.4 Å². The molecule has 0 aliphatic carbocycles. The number of hydrogen-bond acceptors (Lipinski definition) is 6. The highest BCUT2D eigenvalue weighted by molar-refractivity contribution is 7.91. The molecule has 0 bridgehead atoms. The van der Waals surface area contributed by atoms with Crippen molar-refractivity contribution in [3.63, 3.8) is 0 Å². The molecule has 19 heavy (non-hydrogen) atoms. The first-order valence-electron chi connectivity index (χ1n) is 5.22. The second-order valence-electron chi connectivity index (χ2n) is 3.64. The van der Waals surface area contributed by atoms with E-state index in [0.29, 0.717) is 11.1 Å². The first kappa shape index (κ1) is 12.9. The van der Waals surface area contributed by atoms with Gasteiger partial charge >= 0.3 is 0 Å². The van der Waals surface area contributed by atoms with Gasteiger partial charge in [-0.05, 0) is 17.7 Å². The zero-order valence-corrected chi connectivity index (χ0v) is 10.5. The van der Waals surface area contributed by atoms with Crippen LogP contribution in [0.15, 0.2) is 36.7 Å². The molecule has 0 aliphatic rings. The highest BCUT2D eigenvalue weighted by Crippen LogP contribution is 2.09. The van der Waals surface area contributed by atoms with Crippen LogP contribution in [0, 0.1) is 11.3 Å². The smallest absolute Gasteiger partial charge is 0.250 e. The zero-order chi connectivity index (χ0) is 13.7. The molecule has 0 aliphatic heterocycles. The van der Waals surface area contributed by atoms with Crippen LogP contribution in [0.5, 0.6) is 0 Å². The summed E-state index contributed by atoms with van der Waals surface area (Å²) in [5.41, 5.74) is 1.04. The van der Waals surface area contributed by atoms with E-state index in [0.717, 1.165) is 0 Å². The van der Waals surface area contributed by atoms with Gasteiger partial charge in [0, 0.05) is 0 Å². The Hall–Kier alpha value is -2.53. The van der Waals surface area contributed by atoms with Gasteiger partial charge in [-0.25, -0.2) is 18.1 Å². The van der Waals surface area contributed by atoms with E-state index in [2.05, 4.69) is 19.9 Å². The molecule has 0 saturated heterocycles. The topological polar surface area (TPSA) is 109 Å². The molecule has 0 radical (unpaired) electrons. The lowest BCUT2D eigenvalue weighted by atomic mass is 10.2. The summed E-state index contributed by atoms with van der Waals surface area (Å²) < 4.78 is 25.9. The fourth-order valence-corrected chi connectivity index (χ4v) is 2.44. The number of nitriles is 1. The number of nitrogens with one attached hydrogen (secondary N) is 1. The molecular formula is C11H9N5O2S. The van der Waals surface area contributed by atoms with E-state index < -0.39 is 10.0 Å². The van der Waals surface area contributed by atoms with Crippen molar-refractivity contribution in [3.05, 3.63) is 47.8 Å². The first-order chi connectivity index (χ1) is 9.09. The third kappa shape index (κ3) is 3.72. The van der Waals surface area contributed by atoms with E-state index in [1.54, 1.807) is 24.3 Å². The van der Waals surface area contributed by atoms with Crippen LogP contribution in [-0.2, 0) is 15.8 Å². The number of rotatable bonds is 4. The standard InChI is InChI=1S/C11H9N5O2S/c12-7-9-1-3-10(4-2-9)8-19(17,18)16-11-13-5-6-14-15-11/h1-6H,8H2,(H,13,15,16). The van der Waals surface area contributed by atoms with Crippen molar-refractivity contribution >= 4 is 16.0 Å². The molecule has 0 fully saturated rings. The molecule has 0 saturated carbocycles. The lowest BCUT2D eigenvalue weighted by Gasteiger charge is -2.05. The average Bonchev–Trinajstić information content (AvgIpc) is 2.39. The molecule has 1 N–H and O–H groups in total. The molecule has 2 rings (SSSR count). The first-order valence-corrected chi connectivity index (χ1v) is 6.87. The average molecular weight is 275 g/mol. The van der Waals surface area contributed by atoms with Crippen molar-refractivity contribution in [2.24, 2.45) is 0 Å². The van der Waals surface area contributed by atoms with Gasteiger partial charge in [0.2, 0.25) is 10.0 Å². The number of anilines is 1. The van der Waals surface area contributed by atoms with Crippen LogP contribution in [0.25, 0.3) is 0 Å². The van der Waals surface area contributed by atoms with E-state index >= 15 is 0 Å². The van der Waals surface area contributed by atoms with Gasteiger partial charge in [-0.3, -0.25) is 0 Å². The molecule has 96 valence electrons. The Morgan fingerprint density at radius 3 is 2.53 bits per heavy atom. The monoisotopic (exact) mass is 275 g/mol. The zero-order valence-electron chi connectivity index (χ0n) is 9.68. The van der Waals surface area contributed by atoms with Gasteiger partial charge in [0.15, 0.2) is 0 Å². The third-order valence-electron chi connectivity index (χ3n) is 2.17. The highest BCUT2D eigenvalue weighted by Gasteiger charge is 2.13. The van der Waals surface area contributed by atoms with Crippen molar-refractivity contribution in [1.82, 2.24) is 15.2 Å². The van der Waals surface area contributed by atoms with Crippen molar-refractivity contribution in [2.75, 3.05) is 4.72 Å². The quantitative estimate of drug-likeness (QED) is 0.879. The summed E-state index contributed by atoms with van der Waals surface area (Å²) in [4.78, 5) is 3.73. The van der Waals surface area contributed by atoms with Crippen LogP contribution in [0.3, 0.4) is 0 Å². The normalized spacial score (nSPS) is 10.7. The molecule has 2 aromatic rings. The summed E-state index contributed by atoms with van der Waals surface area (Å²) in [6.45, 7) is 0. The molecule has 0 spiro atoms. The van der Waals surface area contributed by atoms with Gasteiger partial charge in [-0.1, -0.05) is 12.1 Å². The van der Waals surface area contributed by atoms with Crippen LogP contribution < -0.4 is 4.72 Å². The van der Waals surface area contributed by atoms with Crippen molar-refractivity contribution in [1.29, 1.82) is 5.26 Å². The van der Waals surface area contributed by atoms with Gasteiger partial charge in [0.1, 0.15) is 0 Å². The molecule has 1 heterocycles. The Kier molecular flexibility index (Phi) is 3.68. The Morgan fingerprint density at radius 1 is 1.21 bits per heavy atom. The Labute approximate surface area is 110 Å². The minimum Gasteiger partial charge on any atom is -0.250 e. The maximum Gasteiger partial charge on any atom is 0.256 e. The Bertz CT molecular complexity index is 692. The van der Waals surface area contributed by atoms with E-state index in [1.165, 1.54) is 12.4 Å². The number of benzene rings is 1. The summed E-state index contributed by atoms with van der Waals surface area (Å²) in [7, 11) is -3.61. The van der Waals surface area contributed by atoms with Crippen LogP contribution in [0.2, 0.25) is 0 Å². The Balaban J connectivity index is 2.11. The summed E-state index contributed by atoms with van der Waals surface area (Å²) in [6, 6.07) is 8.26. The second kappa shape index (κ2) is 5.41. The fourth-order valence-electron chi connectivity index (χ4n) is 1.36. The predicted molar refractivity (Wildman–Crippen MR) is 67.2 cm³/mol. The molecule has 0 amide bonds.